The molecule has 116 valence electrons. The first-order valence-corrected chi connectivity index (χ1v) is 7.42. The van der Waals surface area contributed by atoms with Crippen LogP contribution in [0.5, 0.6) is 0 Å². The number of nitrogens with zero attached hydrogens (tertiary/aromatic N) is 2. The van der Waals surface area contributed by atoms with Crippen LogP contribution in [0, 0.1) is 13.8 Å². The first-order chi connectivity index (χ1) is 10.4. The Morgan fingerprint density at radius 1 is 1.27 bits per heavy atom. The van der Waals surface area contributed by atoms with Crippen LogP contribution in [0.1, 0.15) is 35.5 Å². The number of amides is 1. The topological polar surface area (TPSA) is 66.9 Å². The third-order valence-corrected chi connectivity index (χ3v) is 3.27. The minimum atomic E-state index is -0.317. The zero-order chi connectivity index (χ0) is 16.3. The van der Waals surface area contributed by atoms with Gasteiger partial charge in [-0.2, -0.15) is 0 Å². The maximum absolute atomic E-state index is 12.4. The van der Waals surface area contributed by atoms with Crippen molar-refractivity contribution in [3.05, 3.63) is 46.2 Å². The van der Waals surface area contributed by atoms with Crippen molar-refractivity contribution in [1.29, 1.82) is 0 Å². The van der Waals surface area contributed by atoms with Gasteiger partial charge in [-0.1, -0.05) is 17.7 Å². The van der Waals surface area contributed by atoms with Gasteiger partial charge in [0.1, 0.15) is 5.69 Å². The first-order valence-electron chi connectivity index (χ1n) is 7.04. The lowest BCUT2D eigenvalue weighted by Crippen LogP contribution is -2.18. The predicted molar refractivity (Wildman–Crippen MR) is 89.7 cm³/mol. The Bertz CT molecular complexity index is 677. The summed E-state index contributed by atoms with van der Waals surface area (Å²) in [6.45, 7) is 7.82. The van der Waals surface area contributed by atoms with Crippen LogP contribution < -0.4 is 10.6 Å². The van der Waals surface area contributed by atoms with E-state index in [9.17, 15) is 4.79 Å². The van der Waals surface area contributed by atoms with E-state index in [1.165, 1.54) is 0 Å². The van der Waals surface area contributed by atoms with Gasteiger partial charge in [0.25, 0.3) is 5.91 Å². The molecule has 0 saturated carbocycles. The lowest BCUT2D eigenvalue weighted by Gasteiger charge is -2.12. The second-order valence-corrected chi connectivity index (χ2v) is 5.86. The molecule has 2 N–H and O–H groups in total. The second kappa shape index (κ2) is 6.75. The normalized spacial score (nSPS) is 10.6. The van der Waals surface area contributed by atoms with E-state index >= 15 is 0 Å². The molecule has 0 aliphatic rings. The highest BCUT2D eigenvalue weighted by atomic mass is 35.5. The van der Waals surface area contributed by atoms with Gasteiger partial charge in [-0.15, -0.1) is 0 Å². The molecule has 2 aromatic rings. The van der Waals surface area contributed by atoms with Gasteiger partial charge < -0.3 is 10.6 Å². The summed E-state index contributed by atoms with van der Waals surface area (Å²) in [4.78, 5) is 20.6. The van der Waals surface area contributed by atoms with Crippen molar-refractivity contribution in [2.45, 2.75) is 33.7 Å². The summed E-state index contributed by atoms with van der Waals surface area (Å²) >= 11 is 6.21. The fraction of sp³-hybridized carbons (Fsp3) is 0.312. The van der Waals surface area contributed by atoms with Crippen molar-refractivity contribution in [1.82, 2.24) is 9.97 Å². The van der Waals surface area contributed by atoms with E-state index < -0.39 is 0 Å². The number of nitrogens with one attached hydrogen (secondary N) is 2. The van der Waals surface area contributed by atoms with Crippen LogP contribution in [0.25, 0.3) is 0 Å². The van der Waals surface area contributed by atoms with E-state index in [0.29, 0.717) is 16.7 Å². The van der Waals surface area contributed by atoms with Gasteiger partial charge in [-0.3, -0.25) is 4.79 Å². The number of anilines is 2. The van der Waals surface area contributed by atoms with Crippen LogP contribution in [0.2, 0.25) is 5.02 Å². The van der Waals surface area contributed by atoms with Crippen LogP contribution >= 0.6 is 11.6 Å². The van der Waals surface area contributed by atoms with E-state index in [2.05, 4.69) is 20.6 Å². The number of aryl methyl sites for hydroxylation is 2. The van der Waals surface area contributed by atoms with E-state index in [4.69, 9.17) is 11.6 Å². The van der Waals surface area contributed by atoms with Gasteiger partial charge in [0, 0.05) is 12.2 Å². The second-order valence-electron chi connectivity index (χ2n) is 5.46. The van der Waals surface area contributed by atoms with Crippen molar-refractivity contribution in [3.8, 4) is 0 Å². The van der Waals surface area contributed by atoms with E-state index in [0.717, 1.165) is 11.1 Å². The summed E-state index contributed by atoms with van der Waals surface area (Å²) < 4.78 is 0. The van der Waals surface area contributed by atoms with Crippen LogP contribution in [-0.4, -0.2) is 21.9 Å². The number of rotatable bonds is 4. The van der Waals surface area contributed by atoms with Crippen molar-refractivity contribution < 1.29 is 4.79 Å². The Hall–Kier alpha value is -2.14. The molecule has 0 saturated heterocycles. The number of halogens is 1. The number of hydrogen-bond donors (Lipinski definition) is 2. The summed E-state index contributed by atoms with van der Waals surface area (Å²) in [6.07, 6.45) is 1.55. The minimum absolute atomic E-state index is 0.187. The van der Waals surface area contributed by atoms with Crippen LogP contribution in [0.4, 0.5) is 11.6 Å². The molecular formula is C16H19ClN4O. The molecule has 1 aromatic carbocycles. The Labute approximate surface area is 135 Å². The molecule has 0 fully saturated rings. The monoisotopic (exact) mass is 318 g/mol. The maximum Gasteiger partial charge on any atom is 0.274 e. The van der Waals surface area contributed by atoms with E-state index in [-0.39, 0.29) is 17.6 Å². The van der Waals surface area contributed by atoms with Crippen LogP contribution in [0.3, 0.4) is 0 Å². The number of carbonyl (C=O) groups is 1. The van der Waals surface area contributed by atoms with Gasteiger partial charge >= 0.3 is 0 Å². The molecule has 0 unspecified atom stereocenters. The van der Waals surface area contributed by atoms with Crippen molar-refractivity contribution in [2.24, 2.45) is 0 Å². The molecule has 0 bridgehead atoms. The summed E-state index contributed by atoms with van der Waals surface area (Å²) in [5.41, 5.74) is 2.85. The lowest BCUT2D eigenvalue weighted by atomic mass is 10.1. The predicted octanol–water partition coefficient (Wildman–Crippen LogP) is 3.82. The fourth-order valence-electron chi connectivity index (χ4n) is 2.06. The van der Waals surface area contributed by atoms with Gasteiger partial charge in [-0.05, 0) is 51.0 Å². The molecule has 2 rings (SSSR count). The first kappa shape index (κ1) is 16.2. The molecule has 0 atom stereocenters. The van der Waals surface area contributed by atoms with E-state index in [1.807, 2.05) is 39.8 Å². The van der Waals surface area contributed by atoms with E-state index in [1.54, 1.807) is 12.3 Å². The van der Waals surface area contributed by atoms with Gasteiger partial charge in [0.2, 0.25) is 5.95 Å². The third-order valence-electron chi connectivity index (χ3n) is 2.98. The highest BCUT2D eigenvalue weighted by Crippen LogP contribution is 2.27. The summed E-state index contributed by atoms with van der Waals surface area (Å²) in [6, 6.07) is 5.54. The summed E-state index contributed by atoms with van der Waals surface area (Å²) in [5, 5.41) is 6.39. The van der Waals surface area contributed by atoms with Crippen molar-refractivity contribution in [2.75, 3.05) is 10.6 Å². The zero-order valence-corrected chi connectivity index (χ0v) is 13.8. The third kappa shape index (κ3) is 3.95. The largest absolute Gasteiger partial charge is 0.352 e. The van der Waals surface area contributed by atoms with Crippen molar-refractivity contribution in [3.63, 3.8) is 0 Å². The molecule has 22 heavy (non-hydrogen) atoms. The zero-order valence-electron chi connectivity index (χ0n) is 13.1. The van der Waals surface area contributed by atoms with Crippen LogP contribution in [-0.2, 0) is 0 Å². The molecule has 0 spiro atoms. The Kier molecular flexibility index (Phi) is 4.98. The highest BCUT2D eigenvalue weighted by Gasteiger charge is 2.13. The van der Waals surface area contributed by atoms with Gasteiger partial charge in [0.05, 0.1) is 10.7 Å². The van der Waals surface area contributed by atoms with Crippen LogP contribution in [0.15, 0.2) is 24.4 Å². The molecule has 5 nitrogen and oxygen atoms in total. The standard InChI is InChI=1S/C16H19ClN4O/c1-9(2)19-16-18-6-5-13(20-16)15(22)21-14-11(4)7-10(3)8-12(14)17/h5-9H,1-4H3,(H,21,22)(H,18,19,20). The van der Waals surface area contributed by atoms with Gasteiger partial charge in [-0.25, -0.2) is 9.97 Å². The number of aromatic nitrogens is 2. The number of benzene rings is 1. The maximum atomic E-state index is 12.4. The quantitative estimate of drug-likeness (QED) is 0.899. The Balaban J connectivity index is 2.23. The molecular weight excluding hydrogens is 300 g/mol. The lowest BCUT2D eigenvalue weighted by molar-refractivity contribution is 0.102. The smallest absolute Gasteiger partial charge is 0.274 e. The summed E-state index contributed by atoms with van der Waals surface area (Å²) in [5.74, 6) is 0.109. The average molecular weight is 319 g/mol. The molecule has 1 amide bonds. The SMILES string of the molecule is Cc1cc(C)c(NC(=O)c2ccnc(NC(C)C)n2)c(Cl)c1. The fourth-order valence-corrected chi connectivity index (χ4v) is 2.43. The number of carbonyl (C=O) groups excluding carboxylic acids is 1. The molecule has 1 heterocycles. The minimum Gasteiger partial charge on any atom is -0.352 e. The molecule has 0 aliphatic heterocycles. The molecule has 1 aromatic heterocycles. The number of hydrogen-bond acceptors (Lipinski definition) is 4. The average Bonchev–Trinajstić information content (AvgIpc) is 2.42. The van der Waals surface area contributed by atoms with Gasteiger partial charge in [0.15, 0.2) is 0 Å². The summed E-state index contributed by atoms with van der Waals surface area (Å²) in [7, 11) is 0. The Morgan fingerprint density at radius 2 is 2.00 bits per heavy atom. The molecule has 6 heteroatoms. The Morgan fingerprint density at radius 3 is 2.64 bits per heavy atom. The molecule has 0 aliphatic carbocycles. The molecule has 0 radical (unpaired) electrons. The highest BCUT2D eigenvalue weighted by molar-refractivity contribution is 6.34. The van der Waals surface area contributed by atoms with Crippen molar-refractivity contribution >= 4 is 29.1 Å².